The van der Waals surface area contributed by atoms with Gasteiger partial charge in [0, 0.05) is 45.2 Å². The molecule has 2 heterocycles. The number of nitrogens with one attached hydrogen (secondary N) is 1. The van der Waals surface area contributed by atoms with Crippen LogP contribution in [0, 0.1) is 5.92 Å². The number of nitrogens with zero attached hydrogens (tertiary/aromatic N) is 3. The molecule has 0 unspecified atom stereocenters. The Bertz CT molecular complexity index is 465. The number of carbonyl (C=O) groups excluding carboxylic acids is 1. The zero-order valence-corrected chi connectivity index (χ0v) is 10.9. The molecular formula is C12H18N4O3. The van der Waals surface area contributed by atoms with E-state index in [1.165, 1.54) is 0 Å². The topological polar surface area (TPSA) is 87.5 Å². The molecular weight excluding hydrogens is 248 g/mol. The van der Waals surface area contributed by atoms with Crippen molar-refractivity contribution < 1.29 is 14.7 Å². The lowest BCUT2D eigenvalue weighted by atomic mass is 9.97. The van der Waals surface area contributed by atoms with Gasteiger partial charge in [0.15, 0.2) is 0 Å². The van der Waals surface area contributed by atoms with Gasteiger partial charge in [-0.2, -0.15) is 5.10 Å². The molecule has 1 saturated heterocycles. The van der Waals surface area contributed by atoms with E-state index in [4.69, 9.17) is 5.11 Å². The van der Waals surface area contributed by atoms with Crippen LogP contribution < -0.4 is 5.32 Å². The highest BCUT2D eigenvalue weighted by atomic mass is 16.4. The Hall–Kier alpha value is -2.05. The van der Waals surface area contributed by atoms with Crippen molar-refractivity contribution in [1.82, 2.24) is 20.0 Å². The summed E-state index contributed by atoms with van der Waals surface area (Å²) in [7, 11) is 1.85. The van der Waals surface area contributed by atoms with Crippen LogP contribution in [0.15, 0.2) is 12.3 Å². The lowest BCUT2D eigenvalue weighted by Crippen LogP contribution is -2.54. The van der Waals surface area contributed by atoms with Gasteiger partial charge < -0.3 is 15.3 Å². The van der Waals surface area contributed by atoms with Gasteiger partial charge in [-0.05, 0) is 6.07 Å². The second-order valence-electron chi connectivity index (χ2n) is 4.83. The van der Waals surface area contributed by atoms with Crippen molar-refractivity contribution in [2.24, 2.45) is 13.0 Å². The van der Waals surface area contributed by atoms with Gasteiger partial charge in [-0.25, -0.2) is 4.79 Å². The summed E-state index contributed by atoms with van der Waals surface area (Å²) >= 11 is 0. The Morgan fingerprint density at radius 3 is 2.84 bits per heavy atom. The molecule has 2 N–H and O–H groups in total. The Morgan fingerprint density at radius 1 is 1.53 bits per heavy atom. The molecule has 0 aromatic carbocycles. The lowest BCUT2D eigenvalue weighted by Gasteiger charge is -2.38. The SMILES string of the molecule is Cn1ccc(CCNC(=O)N2CC(CC(=O)O)C2)n1. The van der Waals surface area contributed by atoms with Crippen LogP contribution in [0.1, 0.15) is 12.1 Å². The largest absolute Gasteiger partial charge is 0.481 e. The van der Waals surface area contributed by atoms with Crippen LogP contribution in [-0.2, 0) is 18.3 Å². The summed E-state index contributed by atoms with van der Waals surface area (Å²) < 4.78 is 1.73. The first-order valence-corrected chi connectivity index (χ1v) is 6.27. The van der Waals surface area contributed by atoms with E-state index in [2.05, 4.69) is 10.4 Å². The van der Waals surface area contributed by atoms with E-state index in [1.807, 2.05) is 19.3 Å². The molecule has 1 aliphatic rings. The summed E-state index contributed by atoms with van der Waals surface area (Å²) in [4.78, 5) is 23.8. The number of amides is 2. The molecule has 1 fully saturated rings. The Labute approximate surface area is 111 Å². The molecule has 104 valence electrons. The van der Waals surface area contributed by atoms with Gasteiger partial charge in [-0.15, -0.1) is 0 Å². The minimum Gasteiger partial charge on any atom is -0.481 e. The molecule has 1 aromatic heterocycles. The fraction of sp³-hybridized carbons (Fsp3) is 0.583. The lowest BCUT2D eigenvalue weighted by molar-refractivity contribution is -0.139. The molecule has 19 heavy (non-hydrogen) atoms. The second-order valence-corrected chi connectivity index (χ2v) is 4.83. The van der Waals surface area contributed by atoms with Crippen LogP contribution in [0.25, 0.3) is 0 Å². The van der Waals surface area contributed by atoms with Crippen molar-refractivity contribution in [2.45, 2.75) is 12.8 Å². The normalized spacial score (nSPS) is 15.1. The highest BCUT2D eigenvalue weighted by molar-refractivity contribution is 5.75. The third-order valence-electron chi connectivity index (χ3n) is 3.13. The molecule has 2 rings (SSSR count). The fourth-order valence-corrected chi connectivity index (χ4v) is 2.12. The molecule has 1 aliphatic heterocycles. The standard InChI is InChI=1S/C12H18N4O3/c1-15-5-3-10(14-15)2-4-13-12(19)16-7-9(8-16)6-11(17)18/h3,5,9H,2,4,6-8H2,1H3,(H,13,19)(H,17,18). The Kier molecular flexibility index (Phi) is 4.03. The van der Waals surface area contributed by atoms with Crippen molar-refractivity contribution in [3.05, 3.63) is 18.0 Å². The maximum absolute atomic E-state index is 11.7. The summed E-state index contributed by atoms with van der Waals surface area (Å²) in [6.07, 6.45) is 2.69. The molecule has 0 saturated carbocycles. The van der Waals surface area contributed by atoms with E-state index in [-0.39, 0.29) is 18.4 Å². The number of carboxylic acid groups (broad SMARTS) is 1. The van der Waals surface area contributed by atoms with E-state index in [0.29, 0.717) is 26.1 Å². The van der Waals surface area contributed by atoms with Gasteiger partial charge in [0.2, 0.25) is 0 Å². The van der Waals surface area contributed by atoms with Crippen molar-refractivity contribution in [1.29, 1.82) is 0 Å². The zero-order chi connectivity index (χ0) is 13.8. The number of aliphatic carboxylic acids is 1. The molecule has 0 radical (unpaired) electrons. The predicted molar refractivity (Wildman–Crippen MR) is 67.6 cm³/mol. The summed E-state index contributed by atoms with van der Waals surface area (Å²) in [5, 5.41) is 15.6. The number of carboxylic acids is 1. The number of aromatic nitrogens is 2. The number of rotatable bonds is 5. The molecule has 2 amide bonds. The Balaban J connectivity index is 1.62. The molecule has 0 aliphatic carbocycles. The van der Waals surface area contributed by atoms with Crippen molar-refractivity contribution in [3.63, 3.8) is 0 Å². The van der Waals surface area contributed by atoms with Crippen molar-refractivity contribution in [2.75, 3.05) is 19.6 Å². The number of urea groups is 1. The average Bonchev–Trinajstić information content (AvgIpc) is 2.68. The van der Waals surface area contributed by atoms with Crippen LogP contribution in [0.5, 0.6) is 0 Å². The van der Waals surface area contributed by atoms with E-state index in [1.54, 1.807) is 9.58 Å². The van der Waals surface area contributed by atoms with Crippen LogP contribution >= 0.6 is 0 Å². The van der Waals surface area contributed by atoms with Gasteiger partial charge in [0.25, 0.3) is 0 Å². The van der Waals surface area contributed by atoms with Crippen LogP contribution in [0.2, 0.25) is 0 Å². The summed E-state index contributed by atoms with van der Waals surface area (Å²) in [6, 6.07) is 1.79. The van der Waals surface area contributed by atoms with Crippen molar-refractivity contribution >= 4 is 12.0 Å². The van der Waals surface area contributed by atoms with Gasteiger partial charge in [0.1, 0.15) is 0 Å². The van der Waals surface area contributed by atoms with Gasteiger partial charge in [0.05, 0.1) is 12.1 Å². The quantitative estimate of drug-likeness (QED) is 0.790. The number of carbonyl (C=O) groups is 2. The summed E-state index contributed by atoms with van der Waals surface area (Å²) in [5.74, 6) is -0.709. The van der Waals surface area contributed by atoms with E-state index in [9.17, 15) is 9.59 Å². The van der Waals surface area contributed by atoms with E-state index < -0.39 is 5.97 Å². The first kappa shape index (κ1) is 13.4. The highest BCUT2D eigenvalue weighted by Crippen LogP contribution is 2.18. The van der Waals surface area contributed by atoms with Gasteiger partial charge >= 0.3 is 12.0 Å². The maximum atomic E-state index is 11.7. The number of likely N-dealkylation sites (tertiary alicyclic amines) is 1. The van der Waals surface area contributed by atoms with Gasteiger partial charge in [-0.1, -0.05) is 0 Å². The fourth-order valence-electron chi connectivity index (χ4n) is 2.12. The first-order valence-electron chi connectivity index (χ1n) is 6.27. The maximum Gasteiger partial charge on any atom is 0.317 e. The predicted octanol–water partition coefficient (Wildman–Crippen LogP) is 0.0787. The third kappa shape index (κ3) is 3.70. The molecule has 0 spiro atoms. The molecule has 7 nitrogen and oxygen atoms in total. The Morgan fingerprint density at radius 2 is 2.26 bits per heavy atom. The molecule has 1 aromatic rings. The average molecular weight is 266 g/mol. The second kappa shape index (κ2) is 5.73. The van der Waals surface area contributed by atoms with Crippen molar-refractivity contribution in [3.8, 4) is 0 Å². The van der Waals surface area contributed by atoms with E-state index in [0.717, 1.165) is 5.69 Å². The third-order valence-corrected chi connectivity index (χ3v) is 3.13. The summed E-state index contributed by atoms with van der Waals surface area (Å²) in [5.41, 5.74) is 0.940. The zero-order valence-electron chi connectivity index (χ0n) is 10.9. The molecule has 0 atom stereocenters. The first-order chi connectivity index (χ1) is 9.04. The molecule has 0 bridgehead atoms. The number of aryl methyl sites for hydroxylation is 1. The minimum absolute atomic E-state index is 0.0963. The highest BCUT2D eigenvalue weighted by Gasteiger charge is 2.31. The number of hydrogen-bond acceptors (Lipinski definition) is 3. The number of hydrogen-bond donors (Lipinski definition) is 2. The van der Waals surface area contributed by atoms with Crippen LogP contribution in [0.3, 0.4) is 0 Å². The summed E-state index contributed by atoms with van der Waals surface area (Å²) in [6.45, 7) is 1.60. The smallest absolute Gasteiger partial charge is 0.317 e. The van der Waals surface area contributed by atoms with Crippen LogP contribution in [-0.4, -0.2) is 51.4 Å². The van der Waals surface area contributed by atoms with Crippen LogP contribution in [0.4, 0.5) is 4.79 Å². The monoisotopic (exact) mass is 266 g/mol. The van der Waals surface area contributed by atoms with E-state index >= 15 is 0 Å². The molecule has 7 heteroatoms. The van der Waals surface area contributed by atoms with Gasteiger partial charge in [-0.3, -0.25) is 9.48 Å². The minimum atomic E-state index is -0.805.